The molecule has 6 heteroatoms. The first-order valence-corrected chi connectivity index (χ1v) is 9.61. The highest BCUT2D eigenvalue weighted by atomic mass is 35.5. The highest BCUT2D eigenvalue weighted by Gasteiger charge is 2.57. The van der Waals surface area contributed by atoms with Crippen LogP contribution in [0.15, 0.2) is 54.6 Å². The predicted octanol–water partition coefficient (Wildman–Crippen LogP) is 3.37. The second-order valence-electron chi connectivity index (χ2n) is 7.57. The molecule has 2 fully saturated rings. The van der Waals surface area contributed by atoms with Gasteiger partial charge in [0, 0.05) is 12.5 Å². The molecule has 0 bridgehead atoms. The fraction of sp³-hybridized carbons (Fsp3) is 0.364. The van der Waals surface area contributed by atoms with Crippen LogP contribution in [0.25, 0.3) is 0 Å². The van der Waals surface area contributed by atoms with E-state index in [-0.39, 0.29) is 35.6 Å². The highest BCUT2D eigenvalue weighted by Crippen LogP contribution is 2.58. The first-order chi connectivity index (χ1) is 13.2. The first-order valence-electron chi connectivity index (χ1n) is 9.61. The number of hydrogen-bond donors (Lipinski definition) is 3. The van der Waals surface area contributed by atoms with Crippen LogP contribution in [0, 0.1) is 11.3 Å². The van der Waals surface area contributed by atoms with Crippen LogP contribution in [0.1, 0.15) is 35.2 Å². The van der Waals surface area contributed by atoms with Crippen molar-refractivity contribution in [2.24, 2.45) is 11.3 Å². The molecule has 2 aromatic carbocycles. The van der Waals surface area contributed by atoms with Crippen molar-refractivity contribution in [2.75, 3.05) is 18.4 Å². The lowest BCUT2D eigenvalue weighted by atomic mass is 9.91. The SMILES string of the molecule is Cl.O=C(NCc1ccccc1)c1ccccc1NC(=O)C1CC12CCNCC2. The summed E-state index contributed by atoms with van der Waals surface area (Å²) >= 11 is 0. The lowest BCUT2D eigenvalue weighted by molar-refractivity contribution is -0.118. The molecule has 2 aliphatic rings. The Kier molecular flexibility index (Phi) is 6.37. The van der Waals surface area contributed by atoms with E-state index in [9.17, 15) is 9.59 Å². The van der Waals surface area contributed by atoms with Crippen LogP contribution in [-0.2, 0) is 11.3 Å². The van der Waals surface area contributed by atoms with Gasteiger partial charge in [0.25, 0.3) is 5.91 Å². The normalized spacial score (nSPS) is 19.4. The molecule has 1 aliphatic heterocycles. The number of hydrogen-bond acceptors (Lipinski definition) is 3. The molecule has 0 radical (unpaired) electrons. The van der Waals surface area contributed by atoms with Gasteiger partial charge >= 0.3 is 0 Å². The summed E-state index contributed by atoms with van der Waals surface area (Å²) in [6, 6.07) is 17.0. The van der Waals surface area contributed by atoms with Crippen molar-refractivity contribution in [2.45, 2.75) is 25.8 Å². The molecule has 1 atom stereocenters. The van der Waals surface area contributed by atoms with Crippen molar-refractivity contribution >= 4 is 29.9 Å². The number of halogens is 1. The molecule has 1 saturated heterocycles. The zero-order valence-electron chi connectivity index (χ0n) is 15.7. The van der Waals surface area contributed by atoms with Crippen LogP contribution in [0.2, 0.25) is 0 Å². The number of rotatable bonds is 5. The maximum Gasteiger partial charge on any atom is 0.253 e. The van der Waals surface area contributed by atoms with Crippen LogP contribution in [0.3, 0.4) is 0 Å². The van der Waals surface area contributed by atoms with Crippen LogP contribution in [0.5, 0.6) is 0 Å². The van der Waals surface area contributed by atoms with E-state index >= 15 is 0 Å². The minimum absolute atomic E-state index is 0. The highest BCUT2D eigenvalue weighted by molar-refractivity contribution is 6.04. The Morgan fingerprint density at radius 3 is 2.43 bits per heavy atom. The van der Waals surface area contributed by atoms with Gasteiger partial charge in [0.05, 0.1) is 11.3 Å². The topological polar surface area (TPSA) is 70.2 Å². The lowest BCUT2D eigenvalue weighted by Crippen LogP contribution is -2.32. The van der Waals surface area contributed by atoms with Crippen LogP contribution in [0.4, 0.5) is 5.69 Å². The van der Waals surface area contributed by atoms with E-state index in [4.69, 9.17) is 0 Å². The maximum atomic E-state index is 12.7. The van der Waals surface area contributed by atoms with Gasteiger partial charge in [-0.15, -0.1) is 12.4 Å². The standard InChI is InChI=1S/C22H25N3O2.ClH/c26-20(24-15-16-6-2-1-3-7-16)17-8-4-5-9-19(17)25-21(27)18-14-22(18)10-12-23-13-11-22;/h1-9,18,23H,10-15H2,(H,24,26)(H,25,27);1H. The third-order valence-electron chi connectivity index (χ3n) is 5.83. The zero-order valence-corrected chi connectivity index (χ0v) is 16.6. The largest absolute Gasteiger partial charge is 0.348 e. The minimum atomic E-state index is -0.179. The summed E-state index contributed by atoms with van der Waals surface area (Å²) in [5, 5.41) is 9.29. The second-order valence-corrected chi connectivity index (χ2v) is 7.57. The molecule has 0 aromatic heterocycles. The van der Waals surface area contributed by atoms with E-state index in [1.807, 2.05) is 42.5 Å². The summed E-state index contributed by atoms with van der Waals surface area (Å²) in [7, 11) is 0. The minimum Gasteiger partial charge on any atom is -0.348 e. The molecule has 28 heavy (non-hydrogen) atoms. The number of benzene rings is 2. The molecule has 4 rings (SSSR count). The van der Waals surface area contributed by atoms with Crippen molar-refractivity contribution in [1.82, 2.24) is 10.6 Å². The van der Waals surface area contributed by atoms with E-state index < -0.39 is 0 Å². The molecule has 1 aliphatic carbocycles. The number of amides is 2. The van der Waals surface area contributed by atoms with Gasteiger partial charge in [-0.1, -0.05) is 42.5 Å². The monoisotopic (exact) mass is 399 g/mol. The molecule has 1 saturated carbocycles. The van der Waals surface area contributed by atoms with Gasteiger partial charge in [-0.05, 0) is 55.5 Å². The number of anilines is 1. The van der Waals surface area contributed by atoms with Gasteiger partial charge < -0.3 is 16.0 Å². The van der Waals surface area contributed by atoms with E-state index in [0.717, 1.165) is 37.9 Å². The summed E-state index contributed by atoms with van der Waals surface area (Å²) in [4.78, 5) is 25.4. The molecule has 2 aromatic rings. The molecule has 2 amide bonds. The van der Waals surface area contributed by atoms with Crippen molar-refractivity contribution in [3.63, 3.8) is 0 Å². The van der Waals surface area contributed by atoms with Gasteiger partial charge in [-0.25, -0.2) is 0 Å². The molecule has 148 valence electrons. The summed E-state index contributed by atoms with van der Waals surface area (Å²) in [6.07, 6.45) is 3.08. The van der Waals surface area contributed by atoms with Crippen LogP contribution >= 0.6 is 12.4 Å². The molecule has 5 nitrogen and oxygen atoms in total. The molecule has 1 heterocycles. The Hall–Kier alpha value is -2.37. The second kappa shape index (κ2) is 8.76. The number of piperidine rings is 1. The van der Waals surface area contributed by atoms with Crippen LogP contribution in [-0.4, -0.2) is 24.9 Å². The van der Waals surface area contributed by atoms with E-state index in [0.29, 0.717) is 17.8 Å². The Morgan fingerprint density at radius 2 is 1.68 bits per heavy atom. The van der Waals surface area contributed by atoms with Crippen LogP contribution < -0.4 is 16.0 Å². The molecular formula is C22H26ClN3O2. The quantitative estimate of drug-likeness (QED) is 0.722. The number of carbonyl (C=O) groups excluding carboxylic acids is 2. The first kappa shape index (κ1) is 20.4. The Labute approximate surface area is 171 Å². The van der Waals surface area contributed by atoms with Crippen molar-refractivity contribution < 1.29 is 9.59 Å². The molecule has 1 unspecified atom stereocenters. The Bertz CT molecular complexity index is 835. The van der Waals surface area contributed by atoms with E-state index in [1.54, 1.807) is 12.1 Å². The average Bonchev–Trinajstić information content (AvgIpc) is 3.41. The third kappa shape index (κ3) is 4.37. The Balaban J connectivity index is 0.00000225. The molecule has 3 N–H and O–H groups in total. The van der Waals surface area contributed by atoms with Gasteiger partial charge in [0.15, 0.2) is 0 Å². The van der Waals surface area contributed by atoms with Crippen molar-refractivity contribution in [3.05, 3.63) is 65.7 Å². The fourth-order valence-electron chi connectivity index (χ4n) is 4.08. The van der Waals surface area contributed by atoms with E-state index in [1.165, 1.54) is 0 Å². The van der Waals surface area contributed by atoms with Gasteiger partial charge in [0.1, 0.15) is 0 Å². The van der Waals surface area contributed by atoms with Crippen molar-refractivity contribution in [3.8, 4) is 0 Å². The summed E-state index contributed by atoms with van der Waals surface area (Å²) in [6.45, 7) is 2.44. The fourth-order valence-corrected chi connectivity index (χ4v) is 4.08. The average molecular weight is 400 g/mol. The van der Waals surface area contributed by atoms with E-state index in [2.05, 4.69) is 16.0 Å². The van der Waals surface area contributed by atoms with Gasteiger partial charge in [-0.3, -0.25) is 9.59 Å². The summed E-state index contributed by atoms with van der Waals surface area (Å²) in [5.41, 5.74) is 2.31. The summed E-state index contributed by atoms with van der Waals surface area (Å²) < 4.78 is 0. The zero-order chi connectivity index (χ0) is 18.7. The predicted molar refractivity (Wildman–Crippen MR) is 113 cm³/mol. The maximum absolute atomic E-state index is 12.7. The molecule has 1 spiro atoms. The number of carbonyl (C=O) groups is 2. The Morgan fingerprint density at radius 1 is 1.00 bits per heavy atom. The molecular weight excluding hydrogens is 374 g/mol. The van der Waals surface area contributed by atoms with Gasteiger partial charge in [-0.2, -0.15) is 0 Å². The van der Waals surface area contributed by atoms with Gasteiger partial charge in [0.2, 0.25) is 5.91 Å². The number of nitrogens with one attached hydrogen (secondary N) is 3. The van der Waals surface area contributed by atoms with Crippen molar-refractivity contribution in [1.29, 1.82) is 0 Å². The smallest absolute Gasteiger partial charge is 0.253 e. The third-order valence-corrected chi connectivity index (χ3v) is 5.83. The lowest BCUT2D eigenvalue weighted by Gasteiger charge is -2.23. The summed E-state index contributed by atoms with van der Waals surface area (Å²) in [5.74, 6) is -0.0672. The number of para-hydroxylation sites is 1.